The first-order valence-electron chi connectivity index (χ1n) is 7.87. The van der Waals surface area contributed by atoms with Crippen molar-refractivity contribution in [2.75, 3.05) is 6.54 Å². The molecular formula is C16H33N. The van der Waals surface area contributed by atoms with Crippen LogP contribution in [0.15, 0.2) is 0 Å². The summed E-state index contributed by atoms with van der Waals surface area (Å²) in [5.41, 5.74) is 0.525. The molecular weight excluding hydrogens is 206 g/mol. The van der Waals surface area contributed by atoms with Crippen molar-refractivity contribution in [2.45, 2.75) is 85.1 Å². The minimum Gasteiger partial charge on any atom is -0.313 e. The number of hydrogen-bond donors (Lipinski definition) is 1. The molecule has 0 aromatic rings. The third-order valence-electron chi connectivity index (χ3n) is 4.57. The number of unbranched alkanes of at least 4 members (excludes halogenated alkanes) is 1. The topological polar surface area (TPSA) is 12.0 Å². The molecule has 1 saturated carbocycles. The van der Waals surface area contributed by atoms with E-state index in [1.807, 2.05) is 0 Å². The maximum atomic E-state index is 3.73. The Morgan fingerprint density at radius 3 is 2.41 bits per heavy atom. The third kappa shape index (κ3) is 5.90. The maximum absolute atomic E-state index is 3.73. The SMILES string of the molecule is CCCCC(CC)CC(C)(CC)CNC1CC1. The quantitative estimate of drug-likeness (QED) is 0.579. The normalized spacial score (nSPS) is 21.2. The van der Waals surface area contributed by atoms with Crippen LogP contribution >= 0.6 is 0 Å². The third-order valence-corrected chi connectivity index (χ3v) is 4.57. The molecule has 1 nitrogen and oxygen atoms in total. The van der Waals surface area contributed by atoms with Crippen LogP contribution in [0, 0.1) is 11.3 Å². The summed E-state index contributed by atoms with van der Waals surface area (Å²) in [4.78, 5) is 0. The Bertz CT molecular complexity index is 198. The minimum atomic E-state index is 0.525. The molecule has 1 N–H and O–H groups in total. The summed E-state index contributed by atoms with van der Waals surface area (Å²) >= 11 is 0. The van der Waals surface area contributed by atoms with E-state index in [1.54, 1.807) is 0 Å². The van der Waals surface area contributed by atoms with E-state index >= 15 is 0 Å². The second-order valence-electron chi connectivity index (χ2n) is 6.44. The first kappa shape index (κ1) is 15.0. The Morgan fingerprint density at radius 1 is 1.24 bits per heavy atom. The summed E-state index contributed by atoms with van der Waals surface area (Å²) in [6.07, 6.45) is 11.1. The highest BCUT2D eigenvalue weighted by molar-refractivity contribution is 4.86. The first-order chi connectivity index (χ1) is 8.13. The van der Waals surface area contributed by atoms with E-state index < -0.39 is 0 Å². The second-order valence-corrected chi connectivity index (χ2v) is 6.44. The average Bonchev–Trinajstić information content (AvgIpc) is 3.16. The van der Waals surface area contributed by atoms with Crippen molar-refractivity contribution in [3.8, 4) is 0 Å². The van der Waals surface area contributed by atoms with Crippen molar-refractivity contribution in [2.24, 2.45) is 11.3 Å². The van der Waals surface area contributed by atoms with E-state index in [0.717, 1.165) is 12.0 Å². The Hall–Kier alpha value is -0.0400. The zero-order chi connectivity index (χ0) is 12.7. The van der Waals surface area contributed by atoms with Gasteiger partial charge in [0.15, 0.2) is 0 Å². The molecule has 0 bridgehead atoms. The molecule has 0 heterocycles. The van der Waals surface area contributed by atoms with Crippen LogP contribution in [0.5, 0.6) is 0 Å². The van der Waals surface area contributed by atoms with E-state index in [2.05, 4.69) is 33.0 Å². The molecule has 102 valence electrons. The highest BCUT2D eigenvalue weighted by Gasteiger charge is 2.29. The summed E-state index contributed by atoms with van der Waals surface area (Å²) < 4.78 is 0. The monoisotopic (exact) mass is 239 g/mol. The molecule has 0 aromatic carbocycles. The molecule has 2 atom stereocenters. The van der Waals surface area contributed by atoms with Gasteiger partial charge < -0.3 is 5.32 Å². The molecule has 0 radical (unpaired) electrons. The standard InChI is InChI=1S/C16H33N/c1-5-8-9-14(6-2)12-16(4,7-3)13-17-15-10-11-15/h14-15,17H,5-13H2,1-4H3. The van der Waals surface area contributed by atoms with E-state index in [-0.39, 0.29) is 0 Å². The van der Waals surface area contributed by atoms with Crippen LogP contribution in [0.3, 0.4) is 0 Å². The van der Waals surface area contributed by atoms with Crippen LogP contribution in [0.2, 0.25) is 0 Å². The van der Waals surface area contributed by atoms with Crippen molar-refractivity contribution in [3.05, 3.63) is 0 Å². The van der Waals surface area contributed by atoms with Gasteiger partial charge in [-0.3, -0.25) is 0 Å². The fourth-order valence-corrected chi connectivity index (χ4v) is 2.66. The van der Waals surface area contributed by atoms with E-state index in [1.165, 1.54) is 57.9 Å². The minimum absolute atomic E-state index is 0.525. The Labute approximate surface area is 109 Å². The van der Waals surface area contributed by atoms with E-state index in [4.69, 9.17) is 0 Å². The molecule has 17 heavy (non-hydrogen) atoms. The van der Waals surface area contributed by atoms with Crippen LogP contribution in [-0.4, -0.2) is 12.6 Å². The predicted octanol–water partition coefficient (Wildman–Crippen LogP) is 4.76. The van der Waals surface area contributed by atoms with Gasteiger partial charge in [-0.25, -0.2) is 0 Å². The van der Waals surface area contributed by atoms with Gasteiger partial charge in [0.05, 0.1) is 0 Å². The zero-order valence-electron chi connectivity index (χ0n) is 12.5. The summed E-state index contributed by atoms with van der Waals surface area (Å²) in [5, 5.41) is 3.73. The lowest BCUT2D eigenvalue weighted by atomic mass is 9.76. The van der Waals surface area contributed by atoms with Crippen LogP contribution < -0.4 is 5.32 Å². The number of nitrogens with one attached hydrogen (secondary N) is 1. The summed E-state index contributed by atoms with van der Waals surface area (Å²) in [6.45, 7) is 10.8. The van der Waals surface area contributed by atoms with Gasteiger partial charge in [0.25, 0.3) is 0 Å². The van der Waals surface area contributed by atoms with Crippen molar-refractivity contribution in [3.63, 3.8) is 0 Å². The van der Waals surface area contributed by atoms with Gasteiger partial charge in [-0.1, -0.05) is 53.4 Å². The molecule has 0 amide bonds. The summed E-state index contributed by atoms with van der Waals surface area (Å²) in [6, 6.07) is 0.858. The fourth-order valence-electron chi connectivity index (χ4n) is 2.66. The highest BCUT2D eigenvalue weighted by atomic mass is 15.0. The van der Waals surface area contributed by atoms with Crippen LogP contribution in [0.25, 0.3) is 0 Å². The van der Waals surface area contributed by atoms with Gasteiger partial charge in [-0.2, -0.15) is 0 Å². The number of rotatable bonds is 10. The lowest BCUT2D eigenvalue weighted by Gasteiger charge is -2.33. The second kappa shape index (κ2) is 7.41. The molecule has 1 heteroatoms. The lowest BCUT2D eigenvalue weighted by molar-refractivity contribution is 0.207. The van der Waals surface area contributed by atoms with E-state index in [0.29, 0.717) is 5.41 Å². The van der Waals surface area contributed by atoms with Crippen molar-refractivity contribution < 1.29 is 0 Å². The van der Waals surface area contributed by atoms with Crippen LogP contribution in [-0.2, 0) is 0 Å². The van der Waals surface area contributed by atoms with E-state index in [9.17, 15) is 0 Å². The summed E-state index contributed by atoms with van der Waals surface area (Å²) in [7, 11) is 0. The van der Waals surface area contributed by atoms with Crippen molar-refractivity contribution >= 4 is 0 Å². The predicted molar refractivity (Wildman–Crippen MR) is 77.3 cm³/mol. The molecule has 1 fully saturated rings. The van der Waals surface area contributed by atoms with Gasteiger partial charge in [-0.15, -0.1) is 0 Å². The molecule has 1 aliphatic rings. The smallest absolute Gasteiger partial charge is 0.00684 e. The maximum Gasteiger partial charge on any atom is 0.00684 e. The highest BCUT2D eigenvalue weighted by Crippen LogP contribution is 2.34. The average molecular weight is 239 g/mol. The first-order valence-corrected chi connectivity index (χ1v) is 7.87. The lowest BCUT2D eigenvalue weighted by Crippen LogP contribution is -2.34. The summed E-state index contributed by atoms with van der Waals surface area (Å²) in [5.74, 6) is 0.945. The Morgan fingerprint density at radius 2 is 1.94 bits per heavy atom. The molecule has 1 rings (SSSR count). The van der Waals surface area contributed by atoms with Gasteiger partial charge in [0.1, 0.15) is 0 Å². The van der Waals surface area contributed by atoms with Crippen LogP contribution in [0.1, 0.15) is 79.1 Å². The molecule has 0 saturated heterocycles. The number of hydrogen-bond acceptors (Lipinski definition) is 1. The molecule has 0 aliphatic heterocycles. The van der Waals surface area contributed by atoms with Gasteiger partial charge in [-0.05, 0) is 37.0 Å². The molecule has 1 aliphatic carbocycles. The fraction of sp³-hybridized carbons (Fsp3) is 1.00. The van der Waals surface area contributed by atoms with Crippen molar-refractivity contribution in [1.82, 2.24) is 5.32 Å². The van der Waals surface area contributed by atoms with Gasteiger partial charge in [0.2, 0.25) is 0 Å². The van der Waals surface area contributed by atoms with Gasteiger partial charge in [0, 0.05) is 12.6 Å². The zero-order valence-corrected chi connectivity index (χ0v) is 12.5. The van der Waals surface area contributed by atoms with Crippen molar-refractivity contribution in [1.29, 1.82) is 0 Å². The Kier molecular flexibility index (Phi) is 6.54. The van der Waals surface area contributed by atoms with Crippen LogP contribution in [0.4, 0.5) is 0 Å². The molecule has 0 spiro atoms. The molecule has 2 unspecified atom stereocenters. The molecule has 0 aromatic heterocycles. The van der Waals surface area contributed by atoms with Gasteiger partial charge >= 0.3 is 0 Å². The Balaban J connectivity index is 2.34. The largest absolute Gasteiger partial charge is 0.313 e.